The molecular formula is C32H34N2O4. The highest BCUT2D eigenvalue weighted by Crippen LogP contribution is 2.37. The monoisotopic (exact) mass is 510 g/mol. The van der Waals surface area contributed by atoms with E-state index in [0.717, 1.165) is 27.9 Å². The highest BCUT2D eigenvalue weighted by Gasteiger charge is 2.36. The Kier molecular flexibility index (Phi) is 8.10. The van der Waals surface area contributed by atoms with Crippen LogP contribution in [0.25, 0.3) is 0 Å². The van der Waals surface area contributed by atoms with E-state index < -0.39 is 5.97 Å². The summed E-state index contributed by atoms with van der Waals surface area (Å²) >= 11 is 0. The van der Waals surface area contributed by atoms with Gasteiger partial charge in [0.05, 0.1) is 18.7 Å². The summed E-state index contributed by atoms with van der Waals surface area (Å²) in [5.74, 6) is -1.01. The van der Waals surface area contributed by atoms with Crippen LogP contribution in [-0.2, 0) is 20.9 Å². The fourth-order valence-electron chi connectivity index (χ4n) is 4.73. The third kappa shape index (κ3) is 5.86. The van der Waals surface area contributed by atoms with E-state index in [1.807, 2.05) is 75.4 Å². The van der Waals surface area contributed by atoms with Crippen molar-refractivity contribution in [3.63, 3.8) is 0 Å². The van der Waals surface area contributed by atoms with Gasteiger partial charge in [-0.2, -0.15) is 0 Å². The number of allylic oxidation sites excluding steroid dienone is 1. The fourth-order valence-corrected chi connectivity index (χ4v) is 4.73. The average Bonchev–Trinajstić information content (AvgIpc) is 2.89. The van der Waals surface area contributed by atoms with Crippen LogP contribution in [-0.4, -0.2) is 29.3 Å². The van der Waals surface area contributed by atoms with Crippen LogP contribution in [0.3, 0.4) is 0 Å². The van der Waals surface area contributed by atoms with Crippen molar-refractivity contribution in [2.24, 2.45) is 0 Å². The fraction of sp³-hybridized carbons (Fsp3) is 0.281. The maximum absolute atomic E-state index is 13.3. The van der Waals surface area contributed by atoms with Gasteiger partial charge in [0.2, 0.25) is 5.91 Å². The SMILES string of the molecule is CCOC(=O)C1=C(C)N(Cc2ccc(C(=O)Nc3ccc(C)c(C)c3)cc2)C(=O)C[C@@H]1c1ccc(C)cc1. The molecule has 6 nitrogen and oxygen atoms in total. The lowest BCUT2D eigenvalue weighted by atomic mass is 9.83. The first-order valence-electron chi connectivity index (χ1n) is 12.9. The van der Waals surface area contributed by atoms with Crippen molar-refractivity contribution >= 4 is 23.5 Å². The Balaban J connectivity index is 1.55. The molecule has 1 N–H and O–H groups in total. The van der Waals surface area contributed by atoms with Gasteiger partial charge in [0, 0.05) is 29.3 Å². The van der Waals surface area contributed by atoms with Crippen molar-refractivity contribution in [2.45, 2.75) is 53.5 Å². The lowest BCUT2D eigenvalue weighted by Gasteiger charge is -2.34. The summed E-state index contributed by atoms with van der Waals surface area (Å²) in [5, 5.41) is 2.93. The number of aryl methyl sites for hydroxylation is 3. The number of anilines is 1. The van der Waals surface area contributed by atoms with Gasteiger partial charge in [0.25, 0.3) is 5.91 Å². The van der Waals surface area contributed by atoms with Crippen LogP contribution in [0.4, 0.5) is 5.69 Å². The molecule has 4 rings (SSSR count). The number of rotatable bonds is 7. The number of nitrogens with zero attached hydrogens (tertiary/aromatic N) is 1. The van der Waals surface area contributed by atoms with Gasteiger partial charge < -0.3 is 15.0 Å². The lowest BCUT2D eigenvalue weighted by molar-refractivity contribution is -0.140. The first-order valence-corrected chi connectivity index (χ1v) is 12.9. The first kappa shape index (κ1) is 26.9. The topological polar surface area (TPSA) is 75.7 Å². The molecule has 0 bridgehead atoms. The Morgan fingerprint density at radius 1 is 0.921 bits per heavy atom. The molecule has 1 atom stereocenters. The molecular weight excluding hydrogens is 476 g/mol. The van der Waals surface area contributed by atoms with Crippen LogP contribution in [0.5, 0.6) is 0 Å². The summed E-state index contributed by atoms with van der Waals surface area (Å²) in [6.45, 7) is 10.2. The minimum absolute atomic E-state index is 0.0577. The minimum Gasteiger partial charge on any atom is -0.463 e. The predicted octanol–water partition coefficient (Wildman–Crippen LogP) is 6.22. The molecule has 1 aliphatic rings. The number of nitrogens with one attached hydrogen (secondary N) is 1. The van der Waals surface area contributed by atoms with Gasteiger partial charge in [0.1, 0.15) is 0 Å². The van der Waals surface area contributed by atoms with Gasteiger partial charge in [-0.25, -0.2) is 4.79 Å². The molecule has 6 heteroatoms. The molecule has 38 heavy (non-hydrogen) atoms. The minimum atomic E-state index is -0.397. The van der Waals surface area contributed by atoms with Gasteiger partial charge in [-0.05, 0) is 81.1 Å². The van der Waals surface area contributed by atoms with Crippen LogP contribution >= 0.6 is 0 Å². The summed E-state index contributed by atoms with van der Waals surface area (Å²) in [6.07, 6.45) is 0.186. The molecule has 0 aliphatic carbocycles. The number of esters is 1. The van der Waals surface area contributed by atoms with E-state index in [1.54, 1.807) is 30.9 Å². The molecule has 0 spiro atoms. The van der Waals surface area contributed by atoms with E-state index in [4.69, 9.17) is 4.74 Å². The van der Waals surface area contributed by atoms with Crippen LogP contribution in [0.15, 0.2) is 78.0 Å². The van der Waals surface area contributed by atoms with Gasteiger partial charge >= 0.3 is 5.97 Å². The summed E-state index contributed by atoms with van der Waals surface area (Å²) in [5.41, 5.74) is 7.55. The molecule has 0 unspecified atom stereocenters. The maximum Gasteiger partial charge on any atom is 0.336 e. The van der Waals surface area contributed by atoms with Crippen molar-refractivity contribution in [3.05, 3.63) is 111 Å². The van der Waals surface area contributed by atoms with Crippen LogP contribution in [0.2, 0.25) is 0 Å². The number of ether oxygens (including phenoxy) is 1. The van der Waals surface area contributed by atoms with E-state index in [9.17, 15) is 14.4 Å². The molecule has 0 radical (unpaired) electrons. The quantitative estimate of drug-likeness (QED) is 0.383. The number of amides is 2. The Bertz CT molecular complexity index is 1390. The van der Waals surface area contributed by atoms with Crippen LogP contribution < -0.4 is 5.32 Å². The number of hydrogen-bond acceptors (Lipinski definition) is 4. The third-order valence-electron chi connectivity index (χ3n) is 7.12. The second kappa shape index (κ2) is 11.5. The Morgan fingerprint density at radius 2 is 1.61 bits per heavy atom. The van der Waals surface area contributed by atoms with Crippen LogP contribution in [0.1, 0.15) is 64.4 Å². The van der Waals surface area contributed by atoms with Crippen molar-refractivity contribution < 1.29 is 19.1 Å². The number of benzene rings is 3. The summed E-state index contributed by atoms with van der Waals surface area (Å²) < 4.78 is 5.39. The standard InChI is InChI=1S/C32H34N2O4/c1-6-38-32(37)30-23(5)34(29(35)18-28(30)25-12-7-20(2)8-13-25)19-24-10-14-26(15-11-24)31(36)33-27-16-9-21(3)22(4)17-27/h7-17,28H,6,18-19H2,1-5H3,(H,33,36)/t28-/m1/s1. The first-order chi connectivity index (χ1) is 18.2. The highest BCUT2D eigenvalue weighted by atomic mass is 16.5. The third-order valence-corrected chi connectivity index (χ3v) is 7.12. The second-order valence-corrected chi connectivity index (χ2v) is 9.82. The largest absolute Gasteiger partial charge is 0.463 e. The molecule has 0 fully saturated rings. The number of carbonyl (C=O) groups excluding carboxylic acids is 3. The zero-order valence-corrected chi connectivity index (χ0v) is 22.6. The van der Waals surface area contributed by atoms with Crippen LogP contribution in [0, 0.1) is 20.8 Å². The highest BCUT2D eigenvalue weighted by molar-refractivity contribution is 6.04. The maximum atomic E-state index is 13.3. The van der Waals surface area contributed by atoms with E-state index >= 15 is 0 Å². The molecule has 1 aliphatic heterocycles. The molecule has 1 heterocycles. The van der Waals surface area contributed by atoms with Crippen molar-refractivity contribution in [3.8, 4) is 0 Å². The van der Waals surface area contributed by atoms with Gasteiger partial charge in [0.15, 0.2) is 0 Å². The van der Waals surface area contributed by atoms with Gasteiger partial charge in [-0.1, -0.05) is 48.0 Å². The second-order valence-electron chi connectivity index (χ2n) is 9.82. The lowest BCUT2D eigenvalue weighted by Crippen LogP contribution is -2.38. The van der Waals surface area contributed by atoms with E-state index in [-0.39, 0.29) is 30.8 Å². The summed E-state index contributed by atoms with van der Waals surface area (Å²) in [7, 11) is 0. The zero-order valence-electron chi connectivity index (χ0n) is 22.6. The predicted molar refractivity (Wildman–Crippen MR) is 149 cm³/mol. The smallest absolute Gasteiger partial charge is 0.336 e. The Morgan fingerprint density at radius 3 is 2.24 bits per heavy atom. The van der Waals surface area contributed by atoms with Crippen molar-refractivity contribution in [1.29, 1.82) is 0 Å². The summed E-state index contributed by atoms with van der Waals surface area (Å²) in [4.78, 5) is 40.7. The van der Waals surface area contributed by atoms with E-state index in [1.165, 1.54) is 5.56 Å². The van der Waals surface area contributed by atoms with E-state index in [2.05, 4.69) is 5.32 Å². The average molecular weight is 511 g/mol. The molecule has 0 saturated carbocycles. The molecule has 0 aromatic heterocycles. The molecule has 0 saturated heterocycles. The molecule has 3 aromatic carbocycles. The number of hydrogen-bond donors (Lipinski definition) is 1. The Hall–Kier alpha value is -4.19. The van der Waals surface area contributed by atoms with Gasteiger partial charge in [-0.15, -0.1) is 0 Å². The number of carbonyl (C=O) groups is 3. The Labute approximate surface area is 224 Å². The van der Waals surface area contributed by atoms with Crippen molar-refractivity contribution in [2.75, 3.05) is 11.9 Å². The summed E-state index contributed by atoms with van der Waals surface area (Å²) in [6, 6.07) is 20.9. The van der Waals surface area contributed by atoms with Gasteiger partial charge in [-0.3, -0.25) is 9.59 Å². The molecule has 3 aromatic rings. The zero-order chi connectivity index (χ0) is 27.4. The van der Waals surface area contributed by atoms with Crippen molar-refractivity contribution in [1.82, 2.24) is 4.90 Å². The van der Waals surface area contributed by atoms with E-state index in [0.29, 0.717) is 23.4 Å². The normalized spacial score (nSPS) is 15.4. The molecule has 196 valence electrons. The molecule has 2 amide bonds.